The number of aryl methyl sites for hydroxylation is 1. The van der Waals surface area contributed by atoms with E-state index in [-0.39, 0.29) is 43.4 Å². The van der Waals surface area contributed by atoms with Crippen molar-refractivity contribution in [3.8, 4) is 5.75 Å². The average molecular weight is 446 g/mol. The topological polar surface area (TPSA) is 73.2 Å². The maximum atomic E-state index is 14.2. The zero-order valence-electron chi connectivity index (χ0n) is 16.1. The van der Waals surface area contributed by atoms with Gasteiger partial charge in [0.1, 0.15) is 35.6 Å². The Balaban J connectivity index is 1.70. The zero-order chi connectivity index (χ0) is 21.9. The molecule has 1 aliphatic rings. The van der Waals surface area contributed by atoms with Crippen LogP contribution in [0.4, 0.5) is 18.9 Å². The highest BCUT2D eigenvalue weighted by atomic mass is 35.5. The molecule has 2 atom stereocenters. The van der Waals surface area contributed by atoms with E-state index in [0.717, 1.165) is 12.1 Å². The van der Waals surface area contributed by atoms with Gasteiger partial charge in [-0.05, 0) is 55.2 Å². The lowest BCUT2D eigenvalue weighted by atomic mass is 9.89. The van der Waals surface area contributed by atoms with Crippen molar-refractivity contribution in [1.82, 2.24) is 0 Å². The second-order valence-corrected chi connectivity index (χ2v) is 7.84. The van der Waals surface area contributed by atoms with Gasteiger partial charge in [0, 0.05) is 24.7 Å². The molecular weight excluding hydrogens is 423 g/mol. The molecule has 9 heteroatoms. The minimum Gasteiger partial charge on any atom is -0.490 e. The molecule has 0 aliphatic carbocycles. The number of aliphatic hydroxyl groups excluding tert-OH is 2. The van der Waals surface area contributed by atoms with Crippen LogP contribution in [-0.2, 0) is 6.42 Å². The standard InChI is InChI=1S/C21H23ClF3NO4/c22-14-9-16(24)20(17(25)10-14)26-6-5-21(29,19(28)11-26)12-30-18-4-3-15(23)8-13(18)2-1-7-27/h3-4,8-10,19,27-29H,1-2,5-7,11-12H2/t19-,21?/m1/s1. The molecule has 1 unspecified atom stereocenters. The van der Waals surface area contributed by atoms with E-state index in [1.54, 1.807) is 0 Å². The van der Waals surface area contributed by atoms with Gasteiger partial charge in [-0.15, -0.1) is 0 Å². The predicted octanol–water partition coefficient (Wildman–Crippen LogP) is 3.06. The number of β-amino-alcohol motifs (C(OH)–C–C–N with tert-alkyl or cyclic N) is 1. The Morgan fingerprint density at radius 2 is 1.87 bits per heavy atom. The van der Waals surface area contributed by atoms with Gasteiger partial charge in [0.05, 0.1) is 0 Å². The monoisotopic (exact) mass is 445 g/mol. The van der Waals surface area contributed by atoms with E-state index in [1.165, 1.54) is 23.1 Å². The Morgan fingerprint density at radius 3 is 2.50 bits per heavy atom. The third kappa shape index (κ3) is 5.00. The van der Waals surface area contributed by atoms with Crippen molar-refractivity contribution >= 4 is 17.3 Å². The molecule has 0 spiro atoms. The molecule has 0 aromatic heterocycles. The zero-order valence-corrected chi connectivity index (χ0v) is 16.9. The van der Waals surface area contributed by atoms with E-state index < -0.39 is 29.2 Å². The lowest BCUT2D eigenvalue weighted by Crippen LogP contribution is -2.58. The molecular formula is C21H23ClF3NO4. The molecule has 1 aliphatic heterocycles. The third-order valence-electron chi connectivity index (χ3n) is 5.23. The number of ether oxygens (including phenoxy) is 1. The molecule has 2 aromatic carbocycles. The number of hydrogen-bond acceptors (Lipinski definition) is 5. The lowest BCUT2D eigenvalue weighted by Gasteiger charge is -2.42. The third-order valence-corrected chi connectivity index (χ3v) is 5.45. The van der Waals surface area contributed by atoms with Gasteiger partial charge in [-0.2, -0.15) is 0 Å². The van der Waals surface area contributed by atoms with E-state index in [0.29, 0.717) is 24.2 Å². The van der Waals surface area contributed by atoms with Crippen molar-refractivity contribution in [2.24, 2.45) is 0 Å². The summed E-state index contributed by atoms with van der Waals surface area (Å²) in [7, 11) is 0. The van der Waals surface area contributed by atoms with Gasteiger partial charge in [-0.1, -0.05) is 11.6 Å². The Bertz CT molecular complexity index is 878. The predicted molar refractivity (Wildman–Crippen MR) is 106 cm³/mol. The Morgan fingerprint density at radius 1 is 1.17 bits per heavy atom. The summed E-state index contributed by atoms with van der Waals surface area (Å²) in [6.07, 6.45) is -0.557. The first kappa shape index (κ1) is 22.7. The molecule has 0 bridgehead atoms. The van der Waals surface area contributed by atoms with Crippen molar-refractivity contribution in [1.29, 1.82) is 0 Å². The van der Waals surface area contributed by atoms with E-state index in [1.807, 2.05) is 0 Å². The quantitative estimate of drug-likeness (QED) is 0.611. The number of halogens is 4. The lowest BCUT2D eigenvalue weighted by molar-refractivity contribution is -0.109. The molecule has 0 saturated carbocycles. The summed E-state index contributed by atoms with van der Waals surface area (Å²) >= 11 is 5.65. The highest BCUT2D eigenvalue weighted by molar-refractivity contribution is 6.30. The molecule has 1 fully saturated rings. The van der Waals surface area contributed by atoms with E-state index in [2.05, 4.69) is 0 Å². The summed E-state index contributed by atoms with van der Waals surface area (Å²) < 4.78 is 47.5. The molecule has 5 nitrogen and oxygen atoms in total. The SMILES string of the molecule is OCCCc1cc(F)ccc1OCC1(O)CCN(c2c(F)cc(Cl)cc2F)C[C@H]1O. The fourth-order valence-corrected chi connectivity index (χ4v) is 3.72. The van der Waals surface area contributed by atoms with Gasteiger partial charge in [-0.3, -0.25) is 0 Å². The number of anilines is 1. The van der Waals surface area contributed by atoms with Gasteiger partial charge in [0.25, 0.3) is 0 Å². The number of hydrogen-bond donors (Lipinski definition) is 3. The van der Waals surface area contributed by atoms with Crippen LogP contribution in [0.2, 0.25) is 5.02 Å². The molecule has 0 amide bonds. The fourth-order valence-electron chi connectivity index (χ4n) is 3.53. The molecule has 3 N–H and O–H groups in total. The van der Waals surface area contributed by atoms with E-state index >= 15 is 0 Å². The van der Waals surface area contributed by atoms with Crippen LogP contribution in [0.5, 0.6) is 5.75 Å². The maximum Gasteiger partial charge on any atom is 0.151 e. The van der Waals surface area contributed by atoms with Crippen LogP contribution >= 0.6 is 11.6 Å². The smallest absolute Gasteiger partial charge is 0.151 e. The second-order valence-electron chi connectivity index (χ2n) is 7.40. The summed E-state index contributed by atoms with van der Waals surface area (Å²) in [5, 5.41) is 30.3. The Kier molecular flexibility index (Phi) is 7.13. The van der Waals surface area contributed by atoms with Crippen LogP contribution in [0.15, 0.2) is 30.3 Å². The molecule has 0 radical (unpaired) electrons. The first-order chi connectivity index (χ1) is 14.2. The summed E-state index contributed by atoms with van der Waals surface area (Å²) in [5.74, 6) is -1.82. The molecule has 1 heterocycles. The first-order valence-electron chi connectivity index (χ1n) is 9.55. The summed E-state index contributed by atoms with van der Waals surface area (Å²) in [4.78, 5) is 1.31. The van der Waals surface area contributed by atoms with E-state index in [4.69, 9.17) is 21.4 Å². The molecule has 30 heavy (non-hydrogen) atoms. The van der Waals surface area contributed by atoms with Crippen molar-refractivity contribution in [3.63, 3.8) is 0 Å². The number of benzene rings is 2. The van der Waals surface area contributed by atoms with Crippen molar-refractivity contribution < 1.29 is 33.2 Å². The number of rotatable bonds is 7. The van der Waals surface area contributed by atoms with Crippen molar-refractivity contribution in [2.75, 3.05) is 31.2 Å². The van der Waals surface area contributed by atoms with Crippen LogP contribution in [0.1, 0.15) is 18.4 Å². The van der Waals surface area contributed by atoms with Gasteiger partial charge in [0.2, 0.25) is 0 Å². The van der Waals surface area contributed by atoms with Crippen LogP contribution < -0.4 is 9.64 Å². The number of nitrogens with zero attached hydrogens (tertiary/aromatic N) is 1. The van der Waals surface area contributed by atoms with Gasteiger partial charge in [0.15, 0.2) is 11.6 Å². The minimum absolute atomic E-state index is 0.0111. The highest BCUT2D eigenvalue weighted by Gasteiger charge is 2.42. The molecule has 1 saturated heterocycles. The largest absolute Gasteiger partial charge is 0.490 e. The number of piperidine rings is 1. The van der Waals surface area contributed by atoms with Gasteiger partial charge < -0.3 is 25.0 Å². The summed E-state index contributed by atoms with van der Waals surface area (Å²) in [5.41, 5.74) is -1.44. The van der Waals surface area contributed by atoms with Gasteiger partial charge >= 0.3 is 0 Å². The van der Waals surface area contributed by atoms with Gasteiger partial charge in [-0.25, -0.2) is 13.2 Å². The summed E-state index contributed by atoms with van der Waals surface area (Å²) in [6.45, 7) is -0.485. The molecule has 2 aromatic rings. The van der Waals surface area contributed by atoms with Crippen LogP contribution in [0.25, 0.3) is 0 Å². The van der Waals surface area contributed by atoms with Crippen molar-refractivity contribution in [3.05, 3.63) is 58.4 Å². The van der Waals surface area contributed by atoms with Crippen LogP contribution in [0.3, 0.4) is 0 Å². The highest BCUT2D eigenvalue weighted by Crippen LogP contribution is 2.33. The maximum absolute atomic E-state index is 14.2. The fraction of sp³-hybridized carbons (Fsp3) is 0.429. The summed E-state index contributed by atoms with van der Waals surface area (Å²) in [6, 6.07) is 5.90. The van der Waals surface area contributed by atoms with Crippen LogP contribution in [-0.4, -0.2) is 53.3 Å². The Labute approximate surface area is 177 Å². The second kappa shape index (κ2) is 9.43. The molecule has 164 valence electrons. The average Bonchev–Trinajstić information content (AvgIpc) is 2.68. The molecule has 3 rings (SSSR count). The van der Waals surface area contributed by atoms with Crippen LogP contribution in [0, 0.1) is 17.5 Å². The van der Waals surface area contributed by atoms with E-state index in [9.17, 15) is 23.4 Å². The Hall–Kier alpha value is -2.00. The first-order valence-corrected chi connectivity index (χ1v) is 9.93. The minimum atomic E-state index is -1.65. The normalized spacial score (nSPS) is 21.7. The number of aliphatic hydroxyl groups is 3. The van der Waals surface area contributed by atoms with Crippen molar-refractivity contribution in [2.45, 2.75) is 31.0 Å².